The van der Waals surface area contributed by atoms with E-state index in [2.05, 4.69) is 5.32 Å². The van der Waals surface area contributed by atoms with Crippen molar-refractivity contribution < 1.29 is 9.59 Å². The standard InChI is InChI=1S/C9H16ClNO2/c1-3-4-8(11-7(2)12)5-9(13)6-10/h8H,3-6H2,1-2H3,(H,11,12). The zero-order valence-electron chi connectivity index (χ0n) is 8.10. The molecule has 0 aliphatic rings. The van der Waals surface area contributed by atoms with Gasteiger partial charge in [-0.2, -0.15) is 0 Å². The first kappa shape index (κ1) is 12.4. The molecule has 76 valence electrons. The second-order valence-corrected chi connectivity index (χ2v) is 3.33. The van der Waals surface area contributed by atoms with Crippen molar-refractivity contribution in [2.24, 2.45) is 0 Å². The van der Waals surface area contributed by atoms with Crippen molar-refractivity contribution in [3.63, 3.8) is 0 Å². The van der Waals surface area contributed by atoms with Crippen LogP contribution in [0, 0.1) is 0 Å². The summed E-state index contributed by atoms with van der Waals surface area (Å²) in [5.74, 6) is -0.0885. The number of amides is 1. The Kier molecular flexibility index (Phi) is 6.59. The predicted molar refractivity (Wildman–Crippen MR) is 52.9 cm³/mol. The van der Waals surface area contributed by atoms with Crippen molar-refractivity contribution in [2.75, 3.05) is 5.88 Å². The van der Waals surface area contributed by atoms with Crippen LogP contribution in [0.15, 0.2) is 0 Å². The Bertz CT molecular complexity index is 182. The third-order valence-electron chi connectivity index (χ3n) is 1.67. The van der Waals surface area contributed by atoms with Crippen molar-refractivity contribution in [1.29, 1.82) is 0 Å². The lowest BCUT2D eigenvalue weighted by Gasteiger charge is -2.15. The molecule has 0 spiro atoms. The first-order valence-corrected chi connectivity index (χ1v) is 4.98. The molecule has 1 amide bonds. The molecule has 0 fully saturated rings. The average Bonchev–Trinajstić information content (AvgIpc) is 2.03. The Labute approximate surface area is 83.8 Å². The molecule has 0 rings (SSSR count). The van der Waals surface area contributed by atoms with Gasteiger partial charge in [-0.3, -0.25) is 9.59 Å². The fourth-order valence-corrected chi connectivity index (χ4v) is 1.30. The molecule has 0 heterocycles. The van der Waals surface area contributed by atoms with Crippen LogP contribution in [0.2, 0.25) is 0 Å². The van der Waals surface area contributed by atoms with Gasteiger partial charge in [0.1, 0.15) is 5.78 Å². The maximum atomic E-state index is 11.0. The quantitative estimate of drug-likeness (QED) is 0.668. The minimum Gasteiger partial charge on any atom is -0.353 e. The summed E-state index contributed by atoms with van der Waals surface area (Å²) in [5.41, 5.74) is 0. The van der Waals surface area contributed by atoms with Crippen LogP contribution in [0.5, 0.6) is 0 Å². The Morgan fingerprint density at radius 1 is 1.46 bits per heavy atom. The zero-order valence-corrected chi connectivity index (χ0v) is 8.86. The lowest BCUT2D eigenvalue weighted by molar-refractivity contribution is -0.120. The zero-order chi connectivity index (χ0) is 10.3. The van der Waals surface area contributed by atoms with E-state index >= 15 is 0 Å². The van der Waals surface area contributed by atoms with Gasteiger partial charge in [0.05, 0.1) is 5.88 Å². The van der Waals surface area contributed by atoms with Gasteiger partial charge in [0.15, 0.2) is 0 Å². The van der Waals surface area contributed by atoms with E-state index in [0.717, 1.165) is 12.8 Å². The number of carbonyl (C=O) groups is 2. The highest BCUT2D eigenvalue weighted by atomic mass is 35.5. The SMILES string of the molecule is CCCC(CC(=O)CCl)NC(C)=O. The van der Waals surface area contributed by atoms with E-state index in [1.54, 1.807) is 0 Å². The number of Topliss-reactive ketones (excluding diaryl/α,β-unsaturated/α-hetero) is 1. The molecule has 0 aromatic rings. The van der Waals surface area contributed by atoms with Crippen LogP contribution in [0.1, 0.15) is 33.1 Å². The van der Waals surface area contributed by atoms with E-state index in [1.165, 1.54) is 6.92 Å². The van der Waals surface area contributed by atoms with Gasteiger partial charge >= 0.3 is 0 Å². The van der Waals surface area contributed by atoms with Crippen LogP contribution in [-0.4, -0.2) is 23.6 Å². The number of halogens is 1. The van der Waals surface area contributed by atoms with Gasteiger partial charge in [-0.15, -0.1) is 11.6 Å². The van der Waals surface area contributed by atoms with Crippen LogP contribution in [-0.2, 0) is 9.59 Å². The highest BCUT2D eigenvalue weighted by Crippen LogP contribution is 2.03. The summed E-state index contributed by atoms with van der Waals surface area (Å²) in [5, 5.41) is 2.73. The number of hydrogen-bond acceptors (Lipinski definition) is 2. The minimum absolute atomic E-state index is 0.0196. The summed E-state index contributed by atoms with van der Waals surface area (Å²) in [6, 6.07) is -0.0475. The van der Waals surface area contributed by atoms with Crippen LogP contribution >= 0.6 is 11.6 Å². The second kappa shape index (κ2) is 6.89. The summed E-state index contributed by atoms with van der Waals surface area (Å²) in [6.07, 6.45) is 2.11. The number of alkyl halides is 1. The smallest absolute Gasteiger partial charge is 0.217 e. The fourth-order valence-electron chi connectivity index (χ4n) is 1.19. The molecule has 0 saturated carbocycles. The molecule has 0 aromatic carbocycles. The third kappa shape index (κ3) is 6.58. The monoisotopic (exact) mass is 205 g/mol. The largest absolute Gasteiger partial charge is 0.353 e. The fraction of sp³-hybridized carbons (Fsp3) is 0.778. The molecule has 1 unspecified atom stereocenters. The van der Waals surface area contributed by atoms with Crippen molar-refractivity contribution in [1.82, 2.24) is 5.32 Å². The Hall–Kier alpha value is -0.570. The number of rotatable bonds is 6. The Balaban J connectivity index is 3.93. The Morgan fingerprint density at radius 3 is 2.46 bits per heavy atom. The highest BCUT2D eigenvalue weighted by molar-refractivity contribution is 6.27. The van der Waals surface area contributed by atoms with Crippen molar-refractivity contribution >= 4 is 23.3 Å². The van der Waals surface area contributed by atoms with Gasteiger partial charge in [0.25, 0.3) is 0 Å². The molecule has 0 aromatic heterocycles. The van der Waals surface area contributed by atoms with E-state index in [1.807, 2.05) is 6.92 Å². The molecular weight excluding hydrogens is 190 g/mol. The molecule has 0 saturated heterocycles. The lowest BCUT2D eigenvalue weighted by atomic mass is 10.1. The van der Waals surface area contributed by atoms with Crippen molar-refractivity contribution in [3.05, 3.63) is 0 Å². The van der Waals surface area contributed by atoms with Gasteiger partial charge in [-0.25, -0.2) is 0 Å². The number of nitrogens with one attached hydrogen (secondary N) is 1. The summed E-state index contributed by atoms with van der Waals surface area (Å²) in [4.78, 5) is 21.7. The summed E-state index contributed by atoms with van der Waals surface area (Å²) in [7, 11) is 0. The van der Waals surface area contributed by atoms with Crippen LogP contribution in [0.3, 0.4) is 0 Å². The average molecular weight is 206 g/mol. The van der Waals surface area contributed by atoms with E-state index in [-0.39, 0.29) is 23.6 Å². The van der Waals surface area contributed by atoms with Gasteiger partial charge in [0, 0.05) is 19.4 Å². The van der Waals surface area contributed by atoms with Gasteiger partial charge in [0.2, 0.25) is 5.91 Å². The Morgan fingerprint density at radius 2 is 2.08 bits per heavy atom. The summed E-state index contributed by atoms with van der Waals surface area (Å²) in [6.45, 7) is 3.47. The van der Waals surface area contributed by atoms with Crippen LogP contribution in [0.25, 0.3) is 0 Å². The van der Waals surface area contributed by atoms with Gasteiger partial charge in [-0.1, -0.05) is 13.3 Å². The number of ketones is 1. The van der Waals surface area contributed by atoms with Gasteiger partial charge < -0.3 is 5.32 Å². The lowest BCUT2D eigenvalue weighted by Crippen LogP contribution is -2.35. The highest BCUT2D eigenvalue weighted by Gasteiger charge is 2.12. The van der Waals surface area contributed by atoms with Crippen molar-refractivity contribution in [3.8, 4) is 0 Å². The molecule has 0 aliphatic carbocycles. The molecule has 0 aliphatic heterocycles. The van der Waals surface area contributed by atoms with E-state index in [9.17, 15) is 9.59 Å². The predicted octanol–water partition coefficient (Wildman–Crippen LogP) is 1.49. The van der Waals surface area contributed by atoms with E-state index < -0.39 is 0 Å². The minimum atomic E-state index is -0.0965. The van der Waals surface area contributed by atoms with E-state index in [4.69, 9.17) is 11.6 Å². The number of hydrogen-bond donors (Lipinski definition) is 1. The molecule has 1 atom stereocenters. The molecule has 0 radical (unpaired) electrons. The summed E-state index contributed by atoms with van der Waals surface area (Å²) < 4.78 is 0. The third-order valence-corrected chi connectivity index (χ3v) is 1.97. The summed E-state index contributed by atoms with van der Waals surface area (Å²) >= 11 is 5.37. The molecule has 13 heavy (non-hydrogen) atoms. The van der Waals surface area contributed by atoms with E-state index in [0.29, 0.717) is 6.42 Å². The first-order valence-electron chi connectivity index (χ1n) is 4.44. The molecule has 1 N–H and O–H groups in total. The topological polar surface area (TPSA) is 46.2 Å². The molecule has 4 heteroatoms. The number of carbonyl (C=O) groups excluding carboxylic acids is 2. The normalized spacial score (nSPS) is 12.2. The van der Waals surface area contributed by atoms with Crippen LogP contribution < -0.4 is 5.32 Å². The second-order valence-electron chi connectivity index (χ2n) is 3.06. The maximum absolute atomic E-state index is 11.0. The maximum Gasteiger partial charge on any atom is 0.217 e. The molecule has 3 nitrogen and oxygen atoms in total. The molecular formula is C9H16ClNO2. The first-order chi connectivity index (χ1) is 6.10. The van der Waals surface area contributed by atoms with Gasteiger partial charge in [-0.05, 0) is 6.42 Å². The van der Waals surface area contributed by atoms with Crippen molar-refractivity contribution in [2.45, 2.75) is 39.2 Å². The van der Waals surface area contributed by atoms with Crippen LogP contribution in [0.4, 0.5) is 0 Å². The molecule has 0 bridgehead atoms.